The van der Waals surface area contributed by atoms with Gasteiger partial charge in [0.05, 0.1) is 0 Å². The molecular weight excluding hydrogens is 264 g/mol. The fraction of sp³-hybridized carbons (Fsp3) is 0.667. The van der Waals surface area contributed by atoms with Crippen molar-refractivity contribution in [2.45, 2.75) is 38.8 Å². The van der Waals surface area contributed by atoms with Crippen molar-refractivity contribution in [3.8, 4) is 0 Å². The van der Waals surface area contributed by atoms with Gasteiger partial charge in [0.15, 0.2) is 0 Å². The second-order valence-corrected chi connectivity index (χ2v) is 5.01. The van der Waals surface area contributed by atoms with Crippen molar-refractivity contribution in [3.05, 3.63) is 5.53 Å². The molecule has 0 aromatic heterocycles. The van der Waals surface area contributed by atoms with Crippen molar-refractivity contribution in [1.82, 2.24) is 10.2 Å². The number of likely N-dealkylation sites (tertiary alicyclic amines) is 1. The van der Waals surface area contributed by atoms with Gasteiger partial charge in [-0.25, -0.2) is 4.79 Å². The number of carbonyl (C=O) groups is 3. The fourth-order valence-corrected chi connectivity index (χ4v) is 2.29. The van der Waals surface area contributed by atoms with E-state index in [1.54, 1.807) is 13.8 Å². The predicted octanol–water partition coefficient (Wildman–Crippen LogP) is 0.139. The van der Waals surface area contributed by atoms with Crippen LogP contribution in [0.25, 0.3) is 5.53 Å². The van der Waals surface area contributed by atoms with E-state index in [2.05, 4.69) is 10.1 Å². The Morgan fingerprint density at radius 3 is 2.60 bits per heavy atom. The molecule has 1 fully saturated rings. The van der Waals surface area contributed by atoms with Gasteiger partial charge >= 0.3 is 12.3 Å². The SMILES string of the molecule is CC(C)[C@H](NC(=O)O)C(=O)N1CCC[C@H]1C(=O)C=[N+]=[N-]. The van der Waals surface area contributed by atoms with Crippen LogP contribution in [0.4, 0.5) is 4.79 Å². The average Bonchev–Trinajstić information content (AvgIpc) is 2.84. The molecule has 20 heavy (non-hydrogen) atoms. The summed E-state index contributed by atoms with van der Waals surface area (Å²) in [6.07, 6.45) is 0.620. The molecule has 0 radical (unpaired) electrons. The van der Waals surface area contributed by atoms with E-state index in [-0.39, 0.29) is 5.92 Å². The van der Waals surface area contributed by atoms with Gasteiger partial charge in [-0.15, -0.1) is 0 Å². The molecule has 0 saturated carbocycles. The van der Waals surface area contributed by atoms with Crippen molar-refractivity contribution < 1.29 is 24.3 Å². The first-order valence-electron chi connectivity index (χ1n) is 6.39. The second-order valence-electron chi connectivity index (χ2n) is 5.01. The lowest BCUT2D eigenvalue weighted by Crippen LogP contribution is -2.53. The van der Waals surface area contributed by atoms with E-state index in [4.69, 9.17) is 10.6 Å². The average molecular weight is 282 g/mol. The van der Waals surface area contributed by atoms with Gasteiger partial charge in [-0.3, -0.25) is 9.59 Å². The zero-order valence-corrected chi connectivity index (χ0v) is 11.4. The number of ketones is 1. The highest BCUT2D eigenvalue weighted by Crippen LogP contribution is 2.20. The van der Waals surface area contributed by atoms with Gasteiger partial charge in [-0.2, -0.15) is 4.79 Å². The Morgan fingerprint density at radius 2 is 2.10 bits per heavy atom. The predicted molar refractivity (Wildman–Crippen MR) is 69.2 cm³/mol. The zero-order chi connectivity index (χ0) is 15.3. The maximum atomic E-state index is 12.4. The molecule has 2 amide bonds. The van der Waals surface area contributed by atoms with Crippen LogP contribution in [0.2, 0.25) is 0 Å². The number of nitrogens with one attached hydrogen (secondary N) is 1. The summed E-state index contributed by atoms with van der Waals surface area (Å²) in [5.41, 5.74) is 8.39. The molecule has 0 unspecified atom stereocenters. The number of carboxylic acid groups (broad SMARTS) is 1. The first-order chi connectivity index (χ1) is 9.38. The van der Waals surface area contributed by atoms with Gasteiger partial charge in [0.25, 0.3) is 5.78 Å². The van der Waals surface area contributed by atoms with E-state index in [9.17, 15) is 14.4 Å². The minimum Gasteiger partial charge on any atom is -0.465 e. The van der Waals surface area contributed by atoms with Crippen LogP contribution in [0.15, 0.2) is 0 Å². The minimum atomic E-state index is -1.28. The minimum absolute atomic E-state index is 0.235. The lowest BCUT2D eigenvalue weighted by atomic mass is 10.0. The first kappa shape index (κ1) is 15.8. The van der Waals surface area contributed by atoms with Crippen LogP contribution < -0.4 is 5.32 Å². The van der Waals surface area contributed by atoms with Crippen molar-refractivity contribution in [1.29, 1.82) is 0 Å². The Kier molecular flexibility index (Phi) is 5.40. The van der Waals surface area contributed by atoms with Crippen molar-refractivity contribution >= 4 is 24.0 Å². The standard InChI is InChI=1S/C12H18N4O4/c1-7(2)10(15-12(19)20)11(18)16-5-3-4-8(16)9(17)6-14-13/h6-8,10,15H,3-5H2,1-2H3,(H,19,20)/t8-,10-/m0/s1. The van der Waals surface area contributed by atoms with Crippen LogP contribution in [-0.4, -0.2) is 57.4 Å². The van der Waals surface area contributed by atoms with E-state index < -0.39 is 29.9 Å². The lowest BCUT2D eigenvalue weighted by molar-refractivity contribution is -0.138. The maximum absolute atomic E-state index is 12.4. The van der Waals surface area contributed by atoms with Gasteiger partial charge in [0, 0.05) is 6.54 Å². The summed E-state index contributed by atoms with van der Waals surface area (Å²) in [5.74, 6) is -1.12. The largest absolute Gasteiger partial charge is 0.465 e. The molecule has 110 valence electrons. The van der Waals surface area contributed by atoms with Crippen molar-refractivity contribution in [3.63, 3.8) is 0 Å². The molecule has 1 saturated heterocycles. The fourth-order valence-electron chi connectivity index (χ4n) is 2.29. The third-order valence-electron chi connectivity index (χ3n) is 3.26. The third-order valence-corrected chi connectivity index (χ3v) is 3.26. The summed E-state index contributed by atoms with van der Waals surface area (Å²) >= 11 is 0. The van der Waals surface area contributed by atoms with Crippen LogP contribution in [0.1, 0.15) is 26.7 Å². The Balaban J connectivity index is 2.89. The van der Waals surface area contributed by atoms with E-state index >= 15 is 0 Å². The summed E-state index contributed by atoms with van der Waals surface area (Å²) in [5, 5.41) is 11.0. The zero-order valence-electron chi connectivity index (χ0n) is 11.4. The number of hydrogen-bond acceptors (Lipinski definition) is 3. The Hall–Kier alpha value is -2.21. The molecule has 1 aliphatic heterocycles. The molecule has 8 nitrogen and oxygen atoms in total. The van der Waals surface area contributed by atoms with Crippen LogP contribution in [0, 0.1) is 5.92 Å². The summed E-state index contributed by atoms with van der Waals surface area (Å²) in [6, 6.07) is -1.58. The normalized spacial score (nSPS) is 19.4. The number of nitrogens with zero attached hydrogens (tertiary/aromatic N) is 3. The molecule has 0 aliphatic carbocycles. The molecule has 0 bridgehead atoms. The molecule has 0 aromatic carbocycles. The molecule has 0 spiro atoms. The topological polar surface area (TPSA) is 123 Å². The smallest absolute Gasteiger partial charge is 0.405 e. The first-order valence-corrected chi connectivity index (χ1v) is 6.39. The number of rotatable bonds is 5. The molecular formula is C12H18N4O4. The molecule has 8 heteroatoms. The van der Waals surface area contributed by atoms with Crippen LogP contribution in [-0.2, 0) is 9.59 Å². The van der Waals surface area contributed by atoms with Gasteiger partial charge in [0.1, 0.15) is 12.1 Å². The summed E-state index contributed by atoms with van der Waals surface area (Å²) in [6.45, 7) is 3.83. The second kappa shape index (κ2) is 6.81. The van der Waals surface area contributed by atoms with Crippen LogP contribution >= 0.6 is 0 Å². The number of carbonyl (C=O) groups excluding carboxylic acids is 2. The number of amides is 2. The molecule has 1 rings (SSSR count). The Morgan fingerprint density at radius 1 is 1.45 bits per heavy atom. The van der Waals surface area contributed by atoms with Crippen LogP contribution in [0.5, 0.6) is 0 Å². The van der Waals surface area contributed by atoms with E-state index in [0.29, 0.717) is 19.4 Å². The number of Topliss-reactive ketones (excluding diaryl/α,β-unsaturated/α-hetero) is 1. The molecule has 1 aliphatic rings. The van der Waals surface area contributed by atoms with Gasteiger partial charge < -0.3 is 20.9 Å². The Bertz CT molecular complexity index is 456. The summed E-state index contributed by atoms with van der Waals surface area (Å²) in [4.78, 5) is 38.9. The number of hydrogen-bond donors (Lipinski definition) is 2. The molecule has 2 N–H and O–H groups in total. The Labute approximate surface area is 116 Å². The van der Waals surface area contributed by atoms with E-state index in [0.717, 1.165) is 6.21 Å². The van der Waals surface area contributed by atoms with Crippen molar-refractivity contribution in [2.75, 3.05) is 6.54 Å². The maximum Gasteiger partial charge on any atom is 0.405 e. The third kappa shape index (κ3) is 3.64. The van der Waals surface area contributed by atoms with Gasteiger partial charge in [0.2, 0.25) is 5.91 Å². The van der Waals surface area contributed by atoms with E-state index in [1.165, 1.54) is 4.90 Å². The highest BCUT2D eigenvalue weighted by atomic mass is 16.4. The molecule has 1 heterocycles. The van der Waals surface area contributed by atoms with E-state index in [1.807, 2.05) is 0 Å². The van der Waals surface area contributed by atoms with Crippen molar-refractivity contribution in [2.24, 2.45) is 5.92 Å². The van der Waals surface area contributed by atoms with Gasteiger partial charge in [-0.1, -0.05) is 13.8 Å². The summed E-state index contributed by atoms with van der Waals surface area (Å²) < 4.78 is 0. The highest BCUT2D eigenvalue weighted by molar-refractivity contribution is 6.28. The van der Waals surface area contributed by atoms with Gasteiger partial charge in [-0.05, 0) is 18.8 Å². The quantitative estimate of drug-likeness (QED) is 0.423. The van der Waals surface area contributed by atoms with Crippen LogP contribution in [0.3, 0.4) is 0 Å². The molecule has 2 atom stereocenters. The molecule has 0 aromatic rings. The summed E-state index contributed by atoms with van der Waals surface area (Å²) in [7, 11) is 0. The monoisotopic (exact) mass is 282 g/mol. The highest BCUT2D eigenvalue weighted by Gasteiger charge is 2.39. The lowest BCUT2D eigenvalue weighted by Gasteiger charge is -2.28.